The van der Waals surface area contributed by atoms with Gasteiger partial charge in [0.05, 0.1) is 11.4 Å². The van der Waals surface area contributed by atoms with Gasteiger partial charge in [-0.1, -0.05) is 45.0 Å². The molecule has 0 saturated carbocycles. The molecule has 0 atom stereocenters. The Labute approximate surface area is 146 Å². The van der Waals surface area contributed by atoms with Gasteiger partial charge >= 0.3 is 0 Å². The molecule has 0 bridgehead atoms. The fourth-order valence-electron chi connectivity index (χ4n) is 2.16. The fraction of sp³-hybridized carbons (Fsp3) is 0.263. The number of carbonyl (C=O) groups is 2. The number of para-hydroxylation sites is 1. The van der Waals surface area contributed by atoms with Crippen LogP contribution in [0.4, 0.5) is 5.69 Å². The first-order valence-electron chi connectivity index (χ1n) is 7.69. The summed E-state index contributed by atoms with van der Waals surface area (Å²) in [5.41, 5.74) is 7.68. The quantitative estimate of drug-likeness (QED) is 0.812. The van der Waals surface area contributed by atoms with E-state index in [1.165, 1.54) is 17.3 Å². The third-order valence-electron chi connectivity index (χ3n) is 3.52. The molecule has 2 rings (SSSR count). The molecule has 2 amide bonds. The molecule has 0 aliphatic rings. The highest BCUT2D eigenvalue weighted by atomic mass is 32.2. The van der Waals surface area contributed by atoms with Gasteiger partial charge in [0, 0.05) is 10.5 Å². The summed E-state index contributed by atoms with van der Waals surface area (Å²) in [6.07, 6.45) is 0. The molecule has 126 valence electrons. The van der Waals surface area contributed by atoms with E-state index in [4.69, 9.17) is 5.73 Å². The lowest BCUT2D eigenvalue weighted by Crippen LogP contribution is -2.15. The standard InChI is InChI=1S/C19H22N2O2S/c1-19(2,3)14-10-8-13(9-11-14)18(23)21-15-6-4-5-7-16(15)24-12-17(20)22/h4-11H,12H2,1-3H3,(H2,20,22)(H,21,23). The number of thioether (sulfide) groups is 1. The number of anilines is 1. The second-order valence-corrected chi connectivity index (χ2v) is 7.55. The molecule has 0 saturated heterocycles. The molecular weight excluding hydrogens is 320 g/mol. The Bertz CT molecular complexity index is 734. The maximum absolute atomic E-state index is 12.5. The largest absolute Gasteiger partial charge is 0.369 e. The number of rotatable bonds is 5. The molecular formula is C19H22N2O2S. The smallest absolute Gasteiger partial charge is 0.255 e. The molecule has 5 heteroatoms. The van der Waals surface area contributed by atoms with Crippen molar-refractivity contribution < 1.29 is 9.59 Å². The summed E-state index contributed by atoms with van der Waals surface area (Å²) in [6, 6.07) is 15.0. The third kappa shape index (κ3) is 4.86. The van der Waals surface area contributed by atoms with Crippen LogP contribution in [-0.2, 0) is 10.2 Å². The second-order valence-electron chi connectivity index (χ2n) is 6.53. The summed E-state index contributed by atoms with van der Waals surface area (Å²) < 4.78 is 0. The van der Waals surface area contributed by atoms with Crippen LogP contribution >= 0.6 is 11.8 Å². The van der Waals surface area contributed by atoms with Gasteiger partial charge in [-0.3, -0.25) is 9.59 Å². The van der Waals surface area contributed by atoms with Gasteiger partial charge < -0.3 is 11.1 Å². The van der Waals surface area contributed by atoms with Crippen LogP contribution < -0.4 is 11.1 Å². The minimum absolute atomic E-state index is 0.0486. The monoisotopic (exact) mass is 342 g/mol. The maximum atomic E-state index is 12.5. The average molecular weight is 342 g/mol. The van der Waals surface area contributed by atoms with E-state index in [1.54, 1.807) is 0 Å². The van der Waals surface area contributed by atoms with Crippen LogP contribution in [0.3, 0.4) is 0 Å². The van der Waals surface area contributed by atoms with Gasteiger partial charge in [0.25, 0.3) is 5.91 Å². The highest BCUT2D eigenvalue weighted by molar-refractivity contribution is 8.00. The van der Waals surface area contributed by atoms with Crippen molar-refractivity contribution in [3.05, 3.63) is 59.7 Å². The van der Waals surface area contributed by atoms with Crippen molar-refractivity contribution in [3.8, 4) is 0 Å². The summed E-state index contributed by atoms with van der Waals surface area (Å²) in [4.78, 5) is 24.2. The molecule has 4 nitrogen and oxygen atoms in total. The zero-order valence-corrected chi connectivity index (χ0v) is 14.9. The number of nitrogens with two attached hydrogens (primary N) is 1. The summed E-state index contributed by atoms with van der Waals surface area (Å²) in [5.74, 6) is -0.394. The lowest BCUT2D eigenvalue weighted by atomic mass is 9.87. The van der Waals surface area contributed by atoms with Crippen molar-refractivity contribution in [2.45, 2.75) is 31.1 Å². The molecule has 0 unspecified atom stereocenters. The van der Waals surface area contributed by atoms with E-state index in [9.17, 15) is 9.59 Å². The number of carbonyl (C=O) groups excluding carboxylic acids is 2. The maximum Gasteiger partial charge on any atom is 0.255 e. The first kappa shape index (κ1) is 18.1. The predicted molar refractivity (Wildman–Crippen MR) is 99.5 cm³/mol. The van der Waals surface area contributed by atoms with Crippen LogP contribution in [0, 0.1) is 0 Å². The molecule has 0 fully saturated rings. The molecule has 0 spiro atoms. The molecule has 0 radical (unpaired) electrons. The molecule has 2 aromatic rings. The van der Waals surface area contributed by atoms with E-state index in [0.29, 0.717) is 11.3 Å². The van der Waals surface area contributed by atoms with Crippen molar-refractivity contribution in [2.75, 3.05) is 11.1 Å². The number of nitrogens with one attached hydrogen (secondary N) is 1. The fourth-order valence-corrected chi connectivity index (χ4v) is 2.91. The van der Waals surface area contributed by atoms with E-state index >= 15 is 0 Å². The normalized spacial score (nSPS) is 11.1. The molecule has 0 aliphatic carbocycles. The van der Waals surface area contributed by atoms with E-state index < -0.39 is 0 Å². The van der Waals surface area contributed by atoms with E-state index in [1.807, 2.05) is 48.5 Å². The highest BCUT2D eigenvalue weighted by Gasteiger charge is 2.15. The summed E-state index contributed by atoms with van der Waals surface area (Å²) in [7, 11) is 0. The van der Waals surface area contributed by atoms with Crippen molar-refractivity contribution in [1.82, 2.24) is 0 Å². The van der Waals surface area contributed by atoms with Crippen LogP contribution in [0.2, 0.25) is 0 Å². The van der Waals surface area contributed by atoms with Gasteiger partial charge in [0.15, 0.2) is 0 Å². The molecule has 3 N–H and O–H groups in total. The Morgan fingerprint density at radius 1 is 1.04 bits per heavy atom. The van der Waals surface area contributed by atoms with Gasteiger partial charge in [-0.05, 0) is 35.2 Å². The molecule has 2 aromatic carbocycles. The second kappa shape index (κ2) is 7.53. The number of amides is 2. The first-order valence-corrected chi connectivity index (χ1v) is 8.68. The summed E-state index contributed by atoms with van der Waals surface area (Å²) in [6.45, 7) is 6.40. The topological polar surface area (TPSA) is 72.2 Å². The average Bonchev–Trinajstić information content (AvgIpc) is 2.53. The number of benzene rings is 2. The highest BCUT2D eigenvalue weighted by Crippen LogP contribution is 2.27. The SMILES string of the molecule is CC(C)(C)c1ccc(C(=O)Nc2ccccc2SCC(N)=O)cc1. The van der Waals surface area contributed by atoms with Crippen LogP contribution in [0.25, 0.3) is 0 Å². The predicted octanol–water partition coefficient (Wildman–Crippen LogP) is 3.81. The third-order valence-corrected chi connectivity index (χ3v) is 4.61. The Kier molecular flexibility index (Phi) is 5.67. The number of primary amides is 1. The zero-order chi connectivity index (χ0) is 17.7. The number of hydrogen-bond donors (Lipinski definition) is 2. The lowest BCUT2D eigenvalue weighted by molar-refractivity contribution is -0.115. The lowest BCUT2D eigenvalue weighted by Gasteiger charge is -2.19. The van der Waals surface area contributed by atoms with Gasteiger partial charge in [0.1, 0.15) is 0 Å². The van der Waals surface area contributed by atoms with E-state index in [-0.39, 0.29) is 23.0 Å². The van der Waals surface area contributed by atoms with Gasteiger partial charge in [0.2, 0.25) is 5.91 Å². The Morgan fingerprint density at radius 3 is 2.25 bits per heavy atom. The van der Waals surface area contributed by atoms with E-state index in [2.05, 4.69) is 26.1 Å². The Balaban J connectivity index is 2.13. The van der Waals surface area contributed by atoms with Crippen LogP contribution in [0.15, 0.2) is 53.4 Å². The van der Waals surface area contributed by atoms with Crippen LogP contribution in [0.1, 0.15) is 36.7 Å². The summed E-state index contributed by atoms with van der Waals surface area (Å²) >= 11 is 1.31. The Morgan fingerprint density at radius 2 is 1.67 bits per heavy atom. The van der Waals surface area contributed by atoms with Gasteiger partial charge in [-0.25, -0.2) is 0 Å². The molecule has 0 aliphatic heterocycles. The van der Waals surface area contributed by atoms with Gasteiger partial charge in [-0.15, -0.1) is 11.8 Å². The van der Waals surface area contributed by atoms with E-state index in [0.717, 1.165) is 4.90 Å². The van der Waals surface area contributed by atoms with Crippen LogP contribution in [-0.4, -0.2) is 17.6 Å². The minimum Gasteiger partial charge on any atom is -0.369 e. The Hall–Kier alpha value is -2.27. The molecule has 24 heavy (non-hydrogen) atoms. The number of hydrogen-bond acceptors (Lipinski definition) is 3. The molecule has 0 heterocycles. The minimum atomic E-state index is -0.390. The zero-order valence-electron chi connectivity index (χ0n) is 14.1. The van der Waals surface area contributed by atoms with Crippen molar-refractivity contribution in [2.24, 2.45) is 5.73 Å². The van der Waals surface area contributed by atoms with Gasteiger partial charge in [-0.2, -0.15) is 0 Å². The summed E-state index contributed by atoms with van der Waals surface area (Å²) in [5, 5.41) is 2.90. The van der Waals surface area contributed by atoms with Crippen molar-refractivity contribution in [3.63, 3.8) is 0 Å². The van der Waals surface area contributed by atoms with Crippen molar-refractivity contribution in [1.29, 1.82) is 0 Å². The first-order chi connectivity index (χ1) is 11.3. The molecule has 0 aromatic heterocycles. The van der Waals surface area contributed by atoms with Crippen LogP contribution in [0.5, 0.6) is 0 Å². The van der Waals surface area contributed by atoms with Crippen molar-refractivity contribution >= 4 is 29.3 Å².